The van der Waals surface area contributed by atoms with Gasteiger partial charge in [-0.15, -0.1) is 0 Å². The number of rotatable bonds is 8. The lowest BCUT2D eigenvalue weighted by Crippen LogP contribution is -2.04. The van der Waals surface area contributed by atoms with Crippen LogP contribution in [0.3, 0.4) is 0 Å². The first-order valence-corrected chi connectivity index (χ1v) is 7.99. The summed E-state index contributed by atoms with van der Waals surface area (Å²) in [5.74, 6) is 1.10. The average Bonchev–Trinajstić information content (AvgIpc) is 2.43. The lowest BCUT2D eigenvalue weighted by atomic mass is 9.86. The summed E-state index contributed by atoms with van der Waals surface area (Å²) in [6.45, 7) is 8.98. The van der Waals surface area contributed by atoms with Crippen LogP contribution in [0.4, 0.5) is 0 Å². The molecule has 1 nitrogen and oxygen atoms in total. The van der Waals surface area contributed by atoms with Crippen LogP contribution < -0.4 is 0 Å². The topological polar surface area (TPSA) is 20.2 Å². The molecular weight excluding hydrogens is 232 g/mol. The molecule has 0 amide bonds. The first kappa shape index (κ1) is 16.1. The minimum Gasteiger partial charge on any atom is -0.508 e. The van der Waals surface area contributed by atoms with Crippen LogP contribution in [-0.2, 0) is 12.8 Å². The molecule has 1 N–H and O–H groups in total. The highest BCUT2D eigenvalue weighted by molar-refractivity contribution is 5.46. The average molecular weight is 262 g/mol. The molecule has 0 aromatic heterocycles. The highest BCUT2D eigenvalue weighted by Gasteiger charge is 2.15. The standard InChI is InChI=1S/C18H30O/c1-5-8-10-16-15(14(4)7-3)12-13-18(19)17(16)11-9-6-2/h12-14,19H,5-11H2,1-4H3. The Hall–Kier alpha value is -0.980. The van der Waals surface area contributed by atoms with Gasteiger partial charge in [0.2, 0.25) is 0 Å². The van der Waals surface area contributed by atoms with Crippen molar-refractivity contribution >= 4 is 0 Å². The third kappa shape index (κ3) is 4.26. The summed E-state index contributed by atoms with van der Waals surface area (Å²) in [4.78, 5) is 0. The summed E-state index contributed by atoms with van der Waals surface area (Å²) in [6.07, 6.45) is 8.07. The summed E-state index contributed by atoms with van der Waals surface area (Å²) >= 11 is 0. The van der Waals surface area contributed by atoms with E-state index in [1.165, 1.54) is 36.0 Å². The number of hydrogen-bond donors (Lipinski definition) is 1. The molecule has 1 aromatic rings. The van der Waals surface area contributed by atoms with E-state index >= 15 is 0 Å². The van der Waals surface area contributed by atoms with Gasteiger partial charge in [0.25, 0.3) is 0 Å². The van der Waals surface area contributed by atoms with Crippen molar-refractivity contribution < 1.29 is 5.11 Å². The van der Waals surface area contributed by atoms with E-state index in [4.69, 9.17) is 0 Å². The fraction of sp³-hybridized carbons (Fsp3) is 0.667. The number of unbranched alkanes of at least 4 members (excludes halogenated alkanes) is 2. The molecule has 1 rings (SSSR count). The van der Waals surface area contributed by atoms with E-state index in [1.807, 2.05) is 6.07 Å². The Morgan fingerprint density at radius 3 is 2.05 bits per heavy atom. The molecule has 1 heteroatoms. The zero-order chi connectivity index (χ0) is 14.3. The van der Waals surface area contributed by atoms with E-state index in [-0.39, 0.29) is 0 Å². The van der Waals surface area contributed by atoms with Gasteiger partial charge in [-0.2, -0.15) is 0 Å². The van der Waals surface area contributed by atoms with Crippen LogP contribution in [0.25, 0.3) is 0 Å². The molecule has 0 aliphatic rings. The molecular formula is C18H30O. The summed E-state index contributed by atoms with van der Waals surface area (Å²) in [6, 6.07) is 4.05. The smallest absolute Gasteiger partial charge is 0.119 e. The van der Waals surface area contributed by atoms with Gasteiger partial charge in [0.15, 0.2) is 0 Å². The molecule has 0 heterocycles. The zero-order valence-electron chi connectivity index (χ0n) is 13.1. The van der Waals surface area contributed by atoms with E-state index < -0.39 is 0 Å². The summed E-state index contributed by atoms with van der Waals surface area (Å²) in [5, 5.41) is 10.2. The molecule has 0 saturated carbocycles. The van der Waals surface area contributed by atoms with Crippen LogP contribution in [0.2, 0.25) is 0 Å². The van der Waals surface area contributed by atoms with E-state index in [0.717, 1.165) is 25.7 Å². The summed E-state index contributed by atoms with van der Waals surface area (Å²) in [7, 11) is 0. The van der Waals surface area contributed by atoms with Gasteiger partial charge in [0, 0.05) is 0 Å². The Morgan fingerprint density at radius 1 is 0.947 bits per heavy atom. The molecule has 0 aliphatic carbocycles. The maximum absolute atomic E-state index is 10.2. The first-order chi connectivity index (χ1) is 9.15. The predicted octanol–water partition coefficient (Wildman–Crippen LogP) is 5.59. The normalized spacial score (nSPS) is 12.6. The van der Waals surface area contributed by atoms with Gasteiger partial charge in [-0.25, -0.2) is 0 Å². The Kier molecular flexibility index (Phi) is 6.97. The van der Waals surface area contributed by atoms with Gasteiger partial charge in [-0.3, -0.25) is 0 Å². The largest absolute Gasteiger partial charge is 0.508 e. The Bertz CT molecular complexity index is 382. The second kappa shape index (κ2) is 8.24. The van der Waals surface area contributed by atoms with Crippen LogP contribution in [0.1, 0.15) is 82.4 Å². The fourth-order valence-corrected chi connectivity index (χ4v) is 2.66. The first-order valence-electron chi connectivity index (χ1n) is 7.99. The molecule has 0 fully saturated rings. The van der Waals surface area contributed by atoms with Crippen molar-refractivity contribution in [3.05, 3.63) is 28.8 Å². The van der Waals surface area contributed by atoms with Gasteiger partial charge in [-0.05, 0) is 60.8 Å². The van der Waals surface area contributed by atoms with Crippen molar-refractivity contribution in [3.63, 3.8) is 0 Å². The van der Waals surface area contributed by atoms with Gasteiger partial charge in [0.05, 0.1) is 0 Å². The van der Waals surface area contributed by atoms with E-state index in [1.54, 1.807) is 0 Å². The third-order valence-corrected chi connectivity index (χ3v) is 4.15. The molecule has 0 aliphatic heterocycles. The molecule has 0 bridgehead atoms. The Morgan fingerprint density at radius 2 is 1.53 bits per heavy atom. The maximum Gasteiger partial charge on any atom is 0.119 e. The minimum atomic E-state index is 0.506. The summed E-state index contributed by atoms with van der Waals surface area (Å²) in [5.41, 5.74) is 4.11. The van der Waals surface area contributed by atoms with Gasteiger partial charge >= 0.3 is 0 Å². The number of benzene rings is 1. The van der Waals surface area contributed by atoms with Gasteiger partial charge in [0.1, 0.15) is 5.75 Å². The van der Waals surface area contributed by atoms with E-state index in [2.05, 4.69) is 33.8 Å². The molecule has 0 spiro atoms. The van der Waals surface area contributed by atoms with Crippen LogP contribution in [0.5, 0.6) is 5.75 Å². The molecule has 1 unspecified atom stereocenters. The predicted molar refractivity (Wildman–Crippen MR) is 84.0 cm³/mol. The maximum atomic E-state index is 10.2. The fourth-order valence-electron chi connectivity index (χ4n) is 2.66. The highest BCUT2D eigenvalue weighted by atomic mass is 16.3. The number of phenols is 1. The Balaban J connectivity index is 3.15. The van der Waals surface area contributed by atoms with Crippen molar-refractivity contribution in [2.24, 2.45) is 0 Å². The number of aromatic hydroxyl groups is 1. The van der Waals surface area contributed by atoms with Crippen molar-refractivity contribution in [1.82, 2.24) is 0 Å². The van der Waals surface area contributed by atoms with E-state index in [9.17, 15) is 5.11 Å². The second-order valence-electron chi connectivity index (χ2n) is 5.65. The monoisotopic (exact) mass is 262 g/mol. The quantitative estimate of drug-likeness (QED) is 0.647. The molecule has 19 heavy (non-hydrogen) atoms. The van der Waals surface area contributed by atoms with Crippen LogP contribution in [0, 0.1) is 0 Å². The van der Waals surface area contributed by atoms with Crippen LogP contribution >= 0.6 is 0 Å². The number of phenolic OH excluding ortho intramolecular Hbond substituents is 1. The zero-order valence-corrected chi connectivity index (χ0v) is 13.1. The second-order valence-corrected chi connectivity index (χ2v) is 5.65. The van der Waals surface area contributed by atoms with Gasteiger partial charge < -0.3 is 5.11 Å². The lowest BCUT2D eigenvalue weighted by Gasteiger charge is -2.20. The van der Waals surface area contributed by atoms with E-state index in [0.29, 0.717) is 11.7 Å². The SMILES string of the molecule is CCCCc1c(O)ccc(C(C)CC)c1CCCC. The van der Waals surface area contributed by atoms with Crippen molar-refractivity contribution in [1.29, 1.82) is 0 Å². The molecule has 1 atom stereocenters. The molecule has 1 aromatic carbocycles. The molecule has 0 radical (unpaired) electrons. The molecule has 108 valence electrons. The Labute approximate surface area is 119 Å². The highest BCUT2D eigenvalue weighted by Crippen LogP contribution is 2.33. The van der Waals surface area contributed by atoms with Crippen LogP contribution in [0.15, 0.2) is 12.1 Å². The minimum absolute atomic E-state index is 0.506. The van der Waals surface area contributed by atoms with Crippen molar-refractivity contribution in [2.75, 3.05) is 0 Å². The molecule has 0 saturated heterocycles. The lowest BCUT2D eigenvalue weighted by molar-refractivity contribution is 0.464. The van der Waals surface area contributed by atoms with Gasteiger partial charge in [-0.1, -0.05) is 46.6 Å². The van der Waals surface area contributed by atoms with Crippen molar-refractivity contribution in [3.8, 4) is 5.75 Å². The summed E-state index contributed by atoms with van der Waals surface area (Å²) < 4.78 is 0. The van der Waals surface area contributed by atoms with Crippen LogP contribution in [-0.4, -0.2) is 5.11 Å². The third-order valence-electron chi connectivity index (χ3n) is 4.15. The number of hydrogen-bond acceptors (Lipinski definition) is 1. The van der Waals surface area contributed by atoms with Crippen molar-refractivity contribution in [2.45, 2.75) is 78.6 Å².